The molecular formula is C13H18N2O3. The molecule has 0 aromatic carbocycles. The molecule has 1 saturated carbocycles. The van der Waals surface area contributed by atoms with E-state index in [1.807, 2.05) is 20.8 Å². The van der Waals surface area contributed by atoms with E-state index < -0.39 is 16.9 Å². The van der Waals surface area contributed by atoms with E-state index in [1.54, 1.807) is 0 Å². The molecule has 2 rings (SSSR count). The third-order valence-electron chi connectivity index (χ3n) is 3.11. The van der Waals surface area contributed by atoms with Gasteiger partial charge in [-0.2, -0.15) is 0 Å². The van der Waals surface area contributed by atoms with Crippen molar-refractivity contribution in [2.45, 2.75) is 45.6 Å². The lowest BCUT2D eigenvalue weighted by molar-refractivity contribution is 0.0690. The number of nitrogens with zero attached hydrogens (tertiary/aromatic N) is 2. The number of rotatable bonds is 3. The van der Waals surface area contributed by atoms with E-state index in [0.29, 0.717) is 18.2 Å². The topological polar surface area (TPSA) is 72.2 Å². The summed E-state index contributed by atoms with van der Waals surface area (Å²) >= 11 is 0. The number of carbonyl (C=O) groups is 1. The Bertz CT molecular complexity index is 536. The van der Waals surface area contributed by atoms with Crippen LogP contribution < -0.4 is 5.56 Å². The van der Waals surface area contributed by atoms with Gasteiger partial charge >= 0.3 is 5.97 Å². The molecule has 1 fully saturated rings. The Morgan fingerprint density at radius 2 is 2.11 bits per heavy atom. The largest absolute Gasteiger partial charge is 0.477 e. The Morgan fingerprint density at radius 1 is 1.50 bits per heavy atom. The van der Waals surface area contributed by atoms with E-state index in [1.165, 1.54) is 10.9 Å². The molecule has 0 aliphatic heterocycles. The lowest BCUT2D eigenvalue weighted by Crippen LogP contribution is -2.33. The van der Waals surface area contributed by atoms with Crippen molar-refractivity contribution in [2.75, 3.05) is 0 Å². The van der Waals surface area contributed by atoms with Gasteiger partial charge in [-0.15, -0.1) is 0 Å². The molecular weight excluding hydrogens is 232 g/mol. The van der Waals surface area contributed by atoms with Gasteiger partial charge in [0.05, 0.1) is 12.0 Å². The van der Waals surface area contributed by atoms with Crippen LogP contribution in [0.4, 0.5) is 0 Å². The summed E-state index contributed by atoms with van der Waals surface area (Å²) in [4.78, 5) is 27.7. The van der Waals surface area contributed by atoms with Crippen molar-refractivity contribution in [3.8, 4) is 0 Å². The van der Waals surface area contributed by atoms with Crippen LogP contribution in [0.3, 0.4) is 0 Å². The van der Waals surface area contributed by atoms with Crippen LogP contribution in [0, 0.1) is 5.92 Å². The van der Waals surface area contributed by atoms with Gasteiger partial charge in [-0.05, 0) is 18.8 Å². The highest BCUT2D eigenvalue weighted by Gasteiger charge is 2.29. The van der Waals surface area contributed by atoms with Crippen LogP contribution in [-0.2, 0) is 12.0 Å². The molecule has 98 valence electrons. The minimum Gasteiger partial charge on any atom is -0.477 e. The number of aromatic carboxylic acids is 1. The predicted octanol–water partition coefficient (Wildman–Crippen LogP) is 1.65. The molecule has 1 aromatic heterocycles. The predicted molar refractivity (Wildman–Crippen MR) is 66.9 cm³/mol. The molecule has 1 N–H and O–H groups in total. The van der Waals surface area contributed by atoms with Crippen molar-refractivity contribution in [3.63, 3.8) is 0 Å². The zero-order valence-corrected chi connectivity index (χ0v) is 10.9. The van der Waals surface area contributed by atoms with E-state index in [4.69, 9.17) is 0 Å². The van der Waals surface area contributed by atoms with E-state index >= 15 is 0 Å². The van der Waals surface area contributed by atoms with Crippen molar-refractivity contribution in [1.29, 1.82) is 0 Å². The number of hydrogen-bond donors (Lipinski definition) is 1. The number of carboxylic acids is 1. The fourth-order valence-electron chi connectivity index (χ4n) is 1.96. The second-order valence-corrected chi connectivity index (χ2v) is 5.92. The third-order valence-corrected chi connectivity index (χ3v) is 3.11. The van der Waals surface area contributed by atoms with E-state index in [2.05, 4.69) is 4.98 Å². The minimum absolute atomic E-state index is 0.189. The highest BCUT2D eigenvalue weighted by Crippen LogP contribution is 2.30. The van der Waals surface area contributed by atoms with E-state index in [0.717, 1.165) is 12.8 Å². The molecule has 1 aromatic rings. The summed E-state index contributed by atoms with van der Waals surface area (Å²) in [6.07, 6.45) is 3.69. The molecule has 0 bridgehead atoms. The van der Waals surface area contributed by atoms with Gasteiger partial charge in [-0.25, -0.2) is 9.78 Å². The summed E-state index contributed by atoms with van der Waals surface area (Å²) in [5, 5.41) is 9.23. The van der Waals surface area contributed by atoms with Crippen LogP contribution in [0.1, 0.15) is 49.7 Å². The van der Waals surface area contributed by atoms with E-state index in [-0.39, 0.29) is 5.56 Å². The first-order valence-electron chi connectivity index (χ1n) is 6.14. The normalized spacial score (nSPS) is 15.7. The van der Waals surface area contributed by atoms with Gasteiger partial charge < -0.3 is 5.11 Å². The number of hydrogen-bond acceptors (Lipinski definition) is 3. The fourth-order valence-corrected chi connectivity index (χ4v) is 1.96. The van der Waals surface area contributed by atoms with Crippen LogP contribution in [0.25, 0.3) is 0 Å². The second-order valence-electron chi connectivity index (χ2n) is 5.92. The summed E-state index contributed by atoms with van der Waals surface area (Å²) in [6.45, 7) is 6.14. The molecule has 0 atom stereocenters. The monoisotopic (exact) mass is 250 g/mol. The smallest absolute Gasteiger partial charge is 0.343 e. The Labute approximate surface area is 105 Å². The lowest BCUT2D eigenvalue weighted by atomic mass is 9.89. The Balaban J connectivity index is 2.54. The van der Waals surface area contributed by atoms with Crippen molar-refractivity contribution in [2.24, 2.45) is 5.92 Å². The summed E-state index contributed by atoms with van der Waals surface area (Å²) < 4.78 is 1.43. The maximum Gasteiger partial charge on any atom is 0.343 e. The summed E-state index contributed by atoms with van der Waals surface area (Å²) in [6, 6.07) is 0. The molecule has 1 aliphatic rings. The standard InChI is InChI=1S/C13H18N2O3/c1-13(2,3)10-9(12(17)18)11(16)15(7-14-10)6-8-4-5-8/h7-8H,4-6H2,1-3H3,(H,17,18). The van der Waals surface area contributed by atoms with Crippen LogP contribution >= 0.6 is 0 Å². The molecule has 1 heterocycles. The van der Waals surface area contributed by atoms with Gasteiger partial charge in [0, 0.05) is 12.0 Å². The molecule has 0 saturated heterocycles. The Morgan fingerprint density at radius 3 is 2.56 bits per heavy atom. The van der Waals surface area contributed by atoms with Gasteiger partial charge in [-0.1, -0.05) is 20.8 Å². The van der Waals surface area contributed by atoms with E-state index in [9.17, 15) is 14.7 Å². The Kier molecular flexibility index (Phi) is 3.00. The molecule has 0 amide bonds. The van der Waals surface area contributed by atoms with Crippen molar-refractivity contribution in [3.05, 3.63) is 27.9 Å². The number of aromatic nitrogens is 2. The lowest BCUT2D eigenvalue weighted by Gasteiger charge is -2.20. The SMILES string of the molecule is CC(C)(C)c1ncn(CC2CC2)c(=O)c1C(=O)O. The van der Waals surface area contributed by atoms with Crippen LogP contribution in [0.5, 0.6) is 0 Å². The van der Waals surface area contributed by atoms with Crippen molar-refractivity contribution >= 4 is 5.97 Å². The fraction of sp³-hybridized carbons (Fsp3) is 0.615. The van der Waals surface area contributed by atoms with Gasteiger partial charge in [0.2, 0.25) is 0 Å². The van der Waals surface area contributed by atoms with Crippen LogP contribution in [0.2, 0.25) is 0 Å². The minimum atomic E-state index is -1.19. The molecule has 0 radical (unpaired) electrons. The first kappa shape index (κ1) is 12.8. The highest BCUT2D eigenvalue weighted by atomic mass is 16.4. The zero-order valence-electron chi connectivity index (χ0n) is 10.9. The molecule has 18 heavy (non-hydrogen) atoms. The van der Waals surface area contributed by atoms with Crippen molar-refractivity contribution in [1.82, 2.24) is 9.55 Å². The zero-order chi connectivity index (χ0) is 13.5. The summed E-state index contributed by atoms with van der Waals surface area (Å²) in [7, 11) is 0. The molecule has 5 nitrogen and oxygen atoms in total. The molecule has 5 heteroatoms. The van der Waals surface area contributed by atoms with Gasteiger partial charge in [-0.3, -0.25) is 9.36 Å². The maximum atomic E-state index is 12.2. The number of carboxylic acid groups (broad SMARTS) is 1. The van der Waals surface area contributed by atoms with Crippen molar-refractivity contribution < 1.29 is 9.90 Å². The molecule has 1 aliphatic carbocycles. The second kappa shape index (κ2) is 4.23. The molecule has 0 unspecified atom stereocenters. The third kappa shape index (κ3) is 2.44. The quantitative estimate of drug-likeness (QED) is 0.885. The first-order chi connectivity index (χ1) is 8.30. The Hall–Kier alpha value is -1.65. The average Bonchev–Trinajstić information content (AvgIpc) is 3.02. The molecule has 0 spiro atoms. The van der Waals surface area contributed by atoms with Gasteiger partial charge in [0.25, 0.3) is 5.56 Å². The maximum absolute atomic E-state index is 12.2. The summed E-state index contributed by atoms with van der Waals surface area (Å²) in [5.74, 6) is -0.686. The van der Waals surface area contributed by atoms with Gasteiger partial charge in [0.1, 0.15) is 5.56 Å². The summed E-state index contributed by atoms with van der Waals surface area (Å²) in [5.41, 5.74) is -0.724. The average molecular weight is 250 g/mol. The van der Waals surface area contributed by atoms with Crippen LogP contribution in [-0.4, -0.2) is 20.6 Å². The first-order valence-corrected chi connectivity index (χ1v) is 6.14. The highest BCUT2D eigenvalue weighted by molar-refractivity contribution is 5.88. The van der Waals surface area contributed by atoms with Gasteiger partial charge in [0.15, 0.2) is 0 Å². The van der Waals surface area contributed by atoms with Crippen LogP contribution in [0.15, 0.2) is 11.1 Å².